The van der Waals surface area contributed by atoms with Gasteiger partial charge in [0.05, 0.1) is 0 Å². The predicted octanol–water partition coefficient (Wildman–Crippen LogP) is 3.23. The summed E-state index contributed by atoms with van der Waals surface area (Å²) in [6.07, 6.45) is 0.748. The van der Waals surface area contributed by atoms with E-state index in [0.29, 0.717) is 6.61 Å². The summed E-state index contributed by atoms with van der Waals surface area (Å²) in [7, 11) is 0. The van der Waals surface area contributed by atoms with E-state index in [0.717, 1.165) is 23.2 Å². The molecule has 1 N–H and O–H groups in total. The van der Waals surface area contributed by atoms with Crippen LogP contribution < -0.4 is 4.74 Å². The minimum atomic E-state index is -1.02. The van der Waals surface area contributed by atoms with Crippen molar-refractivity contribution in [3.05, 3.63) is 58.8 Å². The summed E-state index contributed by atoms with van der Waals surface area (Å²) >= 11 is 0. The highest BCUT2D eigenvalue weighted by molar-refractivity contribution is 5.90. The first-order valence-corrected chi connectivity index (χ1v) is 6.52. The van der Waals surface area contributed by atoms with Crippen LogP contribution in [0.4, 0.5) is 0 Å². The van der Waals surface area contributed by atoms with E-state index in [2.05, 4.69) is 4.98 Å². The molecule has 0 saturated carbocycles. The third-order valence-electron chi connectivity index (χ3n) is 3.11. The summed E-state index contributed by atoms with van der Waals surface area (Å²) in [5, 5.41) is 9.25. The SMILES string of the molecule is CCc1cc(C(=O)O)c(OCc2ccccc2)nc1C. The summed E-state index contributed by atoms with van der Waals surface area (Å²) in [4.78, 5) is 15.6. The fourth-order valence-electron chi connectivity index (χ4n) is 1.97. The molecule has 20 heavy (non-hydrogen) atoms. The van der Waals surface area contributed by atoms with Crippen molar-refractivity contribution in [2.45, 2.75) is 26.9 Å². The summed E-state index contributed by atoms with van der Waals surface area (Å²) in [5.41, 5.74) is 2.82. The second-order valence-corrected chi connectivity index (χ2v) is 4.52. The molecule has 0 aliphatic carbocycles. The van der Waals surface area contributed by atoms with Crippen LogP contribution in [0.15, 0.2) is 36.4 Å². The maximum Gasteiger partial charge on any atom is 0.341 e. The van der Waals surface area contributed by atoms with Crippen LogP contribution >= 0.6 is 0 Å². The van der Waals surface area contributed by atoms with Crippen LogP contribution in [0.5, 0.6) is 5.88 Å². The first kappa shape index (κ1) is 14.1. The van der Waals surface area contributed by atoms with Gasteiger partial charge < -0.3 is 9.84 Å². The highest BCUT2D eigenvalue weighted by Gasteiger charge is 2.16. The first-order valence-electron chi connectivity index (χ1n) is 6.52. The average Bonchev–Trinajstić information content (AvgIpc) is 2.46. The Morgan fingerprint density at radius 1 is 1.30 bits per heavy atom. The first-order chi connectivity index (χ1) is 9.61. The molecule has 1 aromatic carbocycles. The van der Waals surface area contributed by atoms with Gasteiger partial charge in [0.2, 0.25) is 5.88 Å². The van der Waals surface area contributed by atoms with E-state index in [4.69, 9.17) is 4.74 Å². The zero-order valence-electron chi connectivity index (χ0n) is 11.6. The molecule has 0 saturated heterocycles. The number of hydrogen-bond donors (Lipinski definition) is 1. The van der Waals surface area contributed by atoms with Gasteiger partial charge in [-0.25, -0.2) is 9.78 Å². The normalized spacial score (nSPS) is 10.3. The Balaban J connectivity index is 2.26. The second kappa shape index (κ2) is 6.19. The van der Waals surface area contributed by atoms with Gasteiger partial charge >= 0.3 is 5.97 Å². The Morgan fingerprint density at radius 3 is 2.60 bits per heavy atom. The number of nitrogens with zero attached hydrogens (tertiary/aromatic N) is 1. The number of aromatic carboxylic acids is 1. The molecule has 0 aliphatic rings. The Hall–Kier alpha value is -2.36. The molecule has 1 aromatic heterocycles. The number of carboxylic acids is 1. The molecule has 1 heterocycles. The Morgan fingerprint density at radius 2 is 2.00 bits per heavy atom. The lowest BCUT2D eigenvalue weighted by Gasteiger charge is -2.11. The van der Waals surface area contributed by atoms with E-state index in [1.807, 2.05) is 44.2 Å². The van der Waals surface area contributed by atoms with E-state index in [-0.39, 0.29) is 11.4 Å². The van der Waals surface area contributed by atoms with Crippen molar-refractivity contribution in [3.8, 4) is 5.88 Å². The second-order valence-electron chi connectivity index (χ2n) is 4.52. The van der Waals surface area contributed by atoms with Crippen molar-refractivity contribution in [1.82, 2.24) is 4.98 Å². The molecule has 4 nitrogen and oxygen atoms in total. The molecule has 2 aromatic rings. The molecule has 104 valence electrons. The van der Waals surface area contributed by atoms with E-state index in [9.17, 15) is 9.90 Å². The van der Waals surface area contributed by atoms with Crippen LogP contribution in [0.25, 0.3) is 0 Å². The molecule has 0 unspecified atom stereocenters. The Kier molecular flexibility index (Phi) is 4.35. The maximum absolute atomic E-state index is 11.3. The molecule has 0 aliphatic heterocycles. The summed E-state index contributed by atoms with van der Waals surface area (Å²) in [5.74, 6) is -0.841. The molecule has 0 fully saturated rings. The summed E-state index contributed by atoms with van der Waals surface area (Å²) in [6, 6.07) is 11.2. The fraction of sp³-hybridized carbons (Fsp3) is 0.250. The molecule has 0 bridgehead atoms. The van der Waals surface area contributed by atoms with Crippen molar-refractivity contribution >= 4 is 5.97 Å². The van der Waals surface area contributed by atoms with Crippen LogP contribution in [0.1, 0.15) is 34.1 Å². The van der Waals surface area contributed by atoms with Crippen LogP contribution in [0.2, 0.25) is 0 Å². The number of pyridine rings is 1. The lowest BCUT2D eigenvalue weighted by atomic mass is 10.1. The van der Waals surface area contributed by atoms with Crippen molar-refractivity contribution in [3.63, 3.8) is 0 Å². The van der Waals surface area contributed by atoms with Crippen LogP contribution in [-0.4, -0.2) is 16.1 Å². The van der Waals surface area contributed by atoms with E-state index >= 15 is 0 Å². The third kappa shape index (κ3) is 3.15. The van der Waals surface area contributed by atoms with Gasteiger partial charge in [-0.1, -0.05) is 37.3 Å². The number of ether oxygens (including phenoxy) is 1. The highest BCUT2D eigenvalue weighted by Crippen LogP contribution is 2.21. The maximum atomic E-state index is 11.3. The van der Waals surface area contributed by atoms with Crippen LogP contribution in [0, 0.1) is 6.92 Å². The Labute approximate surface area is 118 Å². The van der Waals surface area contributed by atoms with Crippen molar-refractivity contribution < 1.29 is 14.6 Å². The van der Waals surface area contributed by atoms with Gasteiger partial charge in [-0.05, 0) is 30.5 Å². The number of rotatable bonds is 5. The van der Waals surface area contributed by atoms with Gasteiger partial charge in [0, 0.05) is 5.69 Å². The van der Waals surface area contributed by atoms with E-state index in [1.165, 1.54) is 0 Å². The molecular weight excluding hydrogens is 254 g/mol. The molecule has 0 spiro atoms. The van der Waals surface area contributed by atoms with Crippen molar-refractivity contribution in [2.75, 3.05) is 0 Å². The standard InChI is InChI=1S/C16H17NO3/c1-3-13-9-14(16(18)19)15(17-11(13)2)20-10-12-7-5-4-6-8-12/h4-9H,3,10H2,1-2H3,(H,18,19). The smallest absolute Gasteiger partial charge is 0.341 e. The number of carboxylic acid groups (broad SMARTS) is 1. The molecule has 0 radical (unpaired) electrons. The molecule has 0 amide bonds. The number of benzene rings is 1. The van der Waals surface area contributed by atoms with E-state index < -0.39 is 5.97 Å². The van der Waals surface area contributed by atoms with Gasteiger partial charge in [0.15, 0.2) is 0 Å². The van der Waals surface area contributed by atoms with Crippen LogP contribution in [0.3, 0.4) is 0 Å². The lowest BCUT2D eigenvalue weighted by Crippen LogP contribution is -2.08. The average molecular weight is 271 g/mol. The predicted molar refractivity (Wildman–Crippen MR) is 76.1 cm³/mol. The number of carbonyl (C=O) groups is 1. The monoisotopic (exact) mass is 271 g/mol. The van der Waals surface area contributed by atoms with Gasteiger partial charge in [0.25, 0.3) is 0 Å². The quantitative estimate of drug-likeness (QED) is 0.907. The van der Waals surface area contributed by atoms with Gasteiger partial charge in [-0.2, -0.15) is 0 Å². The zero-order valence-corrected chi connectivity index (χ0v) is 11.6. The topological polar surface area (TPSA) is 59.4 Å². The molecular formula is C16H17NO3. The van der Waals surface area contributed by atoms with Crippen molar-refractivity contribution in [1.29, 1.82) is 0 Å². The van der Waals surface area contributed by atoms with Gasteiger partial charge in [-0.15, -0.1) is 0 Å². The number of hydrogen-bond acceptors (Lipinski definition) is 3. The summed E-state index contributed by atoms with van der Waals surface area (Å²) < 4.78 is 5.57. The van der Waals surface area contributed by atoms with Crippen molar-refractivity contribution in [2.24, 2.45) is 0 Å². The lowest BCUT2D eigenvalue weighted by molar-refractivity contribution is 0.0690. The fourth-order valence-corrected chi connectivity index (χ4v) is 1.97. The third-order valence-corrected chi connectivity index (χ3v) is 3.11. The largest absolute Gasteiger partial charge is 0.477 e. The van der Waals surface area contributed by atoms with Crippen LogP contribution in [-0.2, 0) is 13.0 Å². The molecule has 2 rings (SSSR count). The van der Waals surface area contributed by atoms with Gasteiger partial charge in [-0.3, -0.25) is 0 Å². The molecule has 4 heteroatoms. The number of aryl methyl sites for hydroxylation is 2. The summed E-state index contributed by atoms with van der Waals surface area (Å²) in [6.45, 7) is 4.14. The minimum Gasteiger partial charge on any atom is -0.477 e. The zero-order chi connectivity index (χ0) is 14.5. The molecule has 0 atom stereocenters. The Bertz CT molecular complexity index is 609. The van der Waals surface area contributed by atoms with E-state index in [1.54, 1.807) is 6.07 Å². The van der Waals surface area contributed by atoms with Gasteiger partial charge in [0.1, 0.15) is 12.2 Å². The highest BCUT2D eigenvalue weighted by atomic mass is 16.5. The minimum absolute atomic E-state index is 0.114. The number of aromatic nitrogens is 1.